The first-order valence-corrected chi connectivity index (χ1v) is 1.50. The SMILES string of the molecule is [GaH3].[GaH3].[O]=[Zn].[Zn]. The Morgan fingerprint density at radius 3 is 1.00 bits per heavy atom. The van der Waals surface area contributed by atoms with Crippen LogP contribution < -0.4 is 0 Å². The summed E-state index contributed by atoms with van der Waals surface area (Å²) in [5.41, 5.74) is 0. The molecule has 1 nitrogen and oxygen atoms in total. The second-order valence-corrected chi connectivity index (χ2v) is 0. The molecular weight excluding hydrogens is 286 g/mol. The van der Waals surface area contributed by atoms with Crippen LogP contribution in [0, 0.1) is 0 Å². The minimum Gasteiger partial charge on any atom is 0 e. The molecule has 0 aromatic heterocycles. The average Bonchev–Trinajstić information content (AvgIpc) is 1.00. The molecule has 0 saturated heterocycles. The minimum atomic E-state index is 0. The van der Waals surface area contributed by atoms with Gasteiger partial charge in [-0.2, -0.15) is 0 Å². The van der Waals surface area contributed by atoms with E-state index in [1.807, 2.05) is 0 Å². The smallest absolute Gasteiger partial charge is 0 e. The molecule has 0 aromatic carbocycles. The number of hydrogen-bond acceptors (Lipinski definition) is 1. The minimum absolute atomic E-state index is 0. The van der Waals surface area contributed by atoms with Crippen molar-refractivity contribution < 1.29 is 41.3 Å². The van der Waals surface area contributed by atoms with Crippen LogP contribution in [0.1, 0.15) is 0 Å². The van der Waals surface area contributed by atoms with Crippen molar-refractivity contribution in [1.82, 2.24) is 0 Å². The van der Waals surface area contributed by atoms with E-state index in [1.165, 1.54) is 0 Å². The van der Waals surface area contributed by atoms with Crippen LogP contribution in [0.5, 0.6) is 0 Å². The fraction of sp³-hybridized carbons (Fsp3) is 0. The molecule has 22 valence electrons. The van der Waals surface area contributed by atoms with E-state index >= 15 is 0 Å². The van der Waals surface area contributed by atoms with E-state index in [-0.39, 0.29) is 77.3 Å². The first kappa shape index (κ1) is 26.5. The Balaban J connectivity index is -0.00000000167. The van der Waals surface area contributed by atoms with Gasteiger partial charge in [-0.05, 0) is 0 Å². The average molecular weight is 292 g/mol. The van der Waals surface area contributed by atoms with Crippen LogP contribution in [0.3, 0.4) is 0 Å². The van der Waals surface area contributed by atoms with Crippen molar-refractivity contribution >= 4 is 39.6 Å². The molecular formula is H6Ga2OZn2. The Morgan fingerprint density at radius 2 is 1.00 bits per heavy atom. The molecule has 0 fully saturated rings. The van der Waals surface area contributed by atoms with Crippen molar-refractivity contribution in [3.05, 3.63) is 0 Å². The Hall–Kier alpha value is 2.32. The van der Waals surface area contributed by atoms with Crippen molar-refractivity contribution in [3.8, 4) is 0 Å². The maximum atomic E-state index is 8.38. The van der Waals surface area contributed by atoms with Crippen LogP contribution in [0.15, 0.2) is 0 Å². The van der Waals surface area contributed by atoms with E-state index in [9.17, 15) is 0 Å². The van der Waals surface area contributed by atoms with Gasteiger partial charge in [-0.15, -0.1) is 0 Å². The van der Waals surface area contributed by atoms with Gasteiger partial charge in [-0.25, -0.2) is 0 Å². The molecule has 0 saturated carbocycles. The van der Waals surface area contributed by atoms with Gasteiger partial charge in [0, 0.05) is 19.5 Å². The zero-order valence-corrected chi connectivity index (χ0v) is 7.76. The molecule has 0 aliphatic rings. The molecule has 0 N–H and O–H groups in total. The summed E-state index contributed by atoms with van der Waals surface area (Å²) in [5.74, 6) is 0. The predicted octanol–water partition coefficient (Wildman–Crippen LogP) is -2.49. The zero-order chi connectivity index (χ0) is 2.00. The maximum absolute atomic E-state index is 8.38. The van der Waals surface area contributed by atoms with E-state index in [4.69, 9.17) is 3.57 Å². The van der Waals surface area contributed by atoms with Gasteiger partial charge in [-0.3, -0.25) is 0 Å². The molecule has 0 bridgehead atoms. The molecule has 0 spiro atoms. The van der Waals surface area contributed by atoms with Crippen molar-refractivity contribution in [2.45, 2.75) is 0 Å². The van der Waals surface area contributed by atoms with E-state index in [1.54, 1.807) is 0 Å². The van der Waals surface area contributed by atoms with Crippen LogP contribution in [0.2, 0.25) is 0 Å². The van der Waals surface area contributed by atoms with Crippen LogP contribution in [-0.4, -0.2) is 39.6 Å². The second kappa shape index (κ2) is 33.2. The third-order valence-corrected chi connectivity index (χ3v) is 0. The molecule has 5 heavy (non-hydrogen) atoms. The summed E-state index contributed by atoms with van der Waals surface area (Å²) in [6, 6.07) is 0. The molecule has 0 aliphatic heterocycles. The summed E-state index contributed by atoms with van der Waals surface area (Å²) in [4.78, 5) is 0. The van der Waals surface area contributed by atoms with Gasteiger partial charge in [-0.1, -0.05) is 0 Å². The number of hydrogen-bond donors (Lipinski definition) is 0. The Morgan fingerprint density at radius 1 is 1.00 bits per heavy atom. The molecule has 0 radical (unpaired) electrons. The summed E-state index contributed by atoms with van der Waals surface area (Å²) in [6.45, 7) is 0. The van der Waals surface area contributed by atoms with Gasteiger partial charge in [0.1, 0.15) is 0 Å². The van der Waals surface area contributed by atoms with Crippen molar-refractivity contribution in [2.75, 3.05) is 0 Å². The first-order valence-electron chi connectivity index (χ1n) is 0.289. The van der Waals surface area contributed by atoms with Crippen LogP contribution in [0.4, 0.5) is 0 Å². The van der Waals surface area contributed by atoms with Gasteiger partial charge >= 0.3 is 61.4 Å². The normalized spacial score (nSPS) is 1.20. The Labute approximate surface area is 79.8 Å². The van der Waals surface area contributed by atoms with Gasteiger partial charge < -0.3 is 0 Å². The monoisotopic (exact) mass is 288 g/mol. The van der Waals surface area contributed by atoms with Gasteiger partial charge in [0.2, 0.25) is 0 Å². The predicted molar refractivity (Wildman–Crippen MR) is 20.6 cm³/mol. The maximum Gasteiger partial charge on any atom is 0 e. The summed E-state index contributed by atoms with van der Waals surface area (Å²) in [7, 11) is 0. The first-order chi connectivity index (χ1) is 1.00. The van der Waals surface area contributed by atoms with Crippen LogP contribution >= 0.6 is 0 Å². The fourth-order valence-corrected chi connectivity index (χ4v) is 0. The van der Waals surface area contributed by atoms with E-state index in [0.717, 1.165) is 0 Å². The molecule has 0 amide bonds. The molecule has 0 unspecified atom stereocenters. The van der Waals surface area contributed by atoms with Gasteiger partial charge in [0.15, 0.2) is 0 Å². The molecule has 0 rings (SSSR count). The second-order valence-electron chi connectivity index (χ2n) is 0. The van der Waals surface area contributed by atoms with Gasteiger partial charge in [0.05, 0.1) is 0 Å². The third kappa shape index (κ3) is 21.9. The number of rotatable bonds is 0. The molecule has 5 heteroatoms. The van der Waals surface area contributed by atoms with Crippen molar-refractivity contribution in [2.24, 2.45) is 0 Å². The van der Waals surface area contributed by atoms with E-state index in [2.05, 4.69) is 0 Å². The summed E-state index contributed by atoms with van der Waals surface area (Å²) < 4.78 is 8.38. The van der Waals surface area contributed by atoms with Gasteiger partial charge in [0.25, 0.3) is 0 Å². The fourth-order valence-electron chi connectivity index (χ4n) is 0. The largest absolute Gasteiger partial charge is 0 e. The summed E-state index contributed by atoms with van der Waals surface area (Å²) in [5, 5.41) is 0. The summed E-state index contributed by atoms with van der Waals surface area (Å²) >= 11 is 0.125. The molecule has 0 atom stereocenters. The molecule has 0 aliphatic carbocycles. The van der Waals surface area contributed by atoms with E-state index < -0.39 is 0 Å². The van der Waals surface area contributed by atoms with Crippen molar-refractivity contribution in [3.63, 3.8) is 0 Å². The zero-order valence-electron chi connectivity index (χ0n) is 1.82. The van der Waals surface area contributed by atoms with Crippen LogP contribution in [0.25, 0.3) is 0 Å². The van der Waals surface area contributed by atoms with Crippen LogP contribution in [-0.2, 0) is 41.3 Å². The summed E-state index contributed by atoms with van der Waals surface area (Å²) in [6.07, 6.45) is 0. The Kier molecular flexibility index (Phi) is 176. The quantitative estimate of drug-likeness (QED) is 0.452. The molecule has 0 heterocycles. The molecule has 0 aromatic rings. The van der Waals surface area contributed by atoms with E-state index in [0.29, 0.717) is 0 Å². The Bertz CT molecular complexity index is 7.61. The van der Waals surface area contributed by atoms with Crippen molar-refractivity contribution in [1.29, 1.82) is 0 Å². The standard InChI is InChI=1S/2Ga.O.2Zn.6H. The topological polar surface area (TPSA) is 17.1 Å². The third-order valence-electron chi connectivity index (χ3n) is 0.